The maximum atomic E-state index is 13.0. The van der Waals surface area contributed by atoms with E-state index in [9.17, 15) is 9.59 Å². The van der Waals surface area contributed by atoms with Crippen molar-refractivity contribution < 1.29 is 23.5 Å². The molecular formula is C22H17N3O5S. The minimum atomic E-state index is -0.490. The number of benzene rings is 2. The maximum Gasteiger partial charge on any atom is 0.337 e. The number of hydrogen-bond donors (Lipinski definition) is 1. The first-order chi connectivity index (χ1) is 15.1. The molecule has 0 aliphatic carbocycles. The Morgan fingerprint density at radius 3 is 2.71 bits per heavy atom. The standard InChI is InChI=1S/C22H17N3O5S/c1-28-17-8-4-5-13-12-16(19(26)25-22-23-9-10-31-22)20(30-18(13)17)24-15-7-3-6-14(11-15)21(27)29-2/h3-12H,1-2H3,(H,23,25,26). The number of para-hydroxylation sites is 1. The minimum Gasteiger partial charge on any atom is -0.493 e. The van der Waals surface area contributed by atoms with Crippen LogP contribution in [-0.2, 0) is 4.74 Å². The molecule has 0 saturated carbocycles. The van der Waals surface area contributed by atoms with Gasteiger partial charge < -0.3 is 13.9 Å². The van der Waals surface area contributed by atoms with E-state index in [2.05, 4.69) is 15.3 Å². The molecule has 2 aromatic heterocycles. The highest BCUT2D eigenvalue weighted by molar-refractivity contribution is 7.13. The minimum absolute atomic E-state index is 0.0630. The lowest BCUT2D eigenvalue weighted by Crippen LogP contribution is -2.21. The SMILES string of the molecule is COC(=O)c1cccc(N=c2oc3c(OC)cccc3cc2C(=O)Nc2nccs2)c1. The number of hydrogen-bond acceptors (Lipinski definition) is 8. The van der Waals surface area contributed by atoms with Gasteiger partial charge in [-0.25, -0.2) is 14.8 Å². The molecule has 0 radical (unpaired) electrons. The number of aromatic nitrogens is 1. The number of thiazole rings is 1. The Kier molecular flexibility index (Phi) is 5.76. The Morgan fingerprint density at radius 2 is 1.97 bits per heavy atom. The number of esters is 1. The van der Waals surface area contributed by atoms with Crippen LogP contribution in [0, 0.1) is 0 Å². The van der Waals surface area contributed by atoms with Gasteiger partial charge in [-0.2, -0.15) is 0 Å². The molecule has 0 aliphatic heterocycles. The Hall–Kier alpha value is -3.98. The number of methoxy groups -OCH3 is 2. The molecule has 2 aromatic carbocycles. The molecular weight excluding hydrogens is 418 g/mol. The summed E-state index contributed by atoms with van der Waals surface area (Å²) in [6.45, 7) is 0. The van der Waals surface area contributed by atoms with Crippen LogP contribution in [0.5, 0.6) is 5.75 Å². The van der Waals surface area contributed by atoms with Gasteiger partial charge in [0.05, 0.1) is 25.5 Å². The molecule has 31 heavy (non-hydrogen) atoms. The first kappa shape index (κ1) is 20.3. The molecule has 0 spiro atoms. The third kappa shape index (κ3) is 4.31. The molecule has 1 amide bonds. The van der Waals surface area contributed by atoms with Gasteiger partial charge in [-0.3, -0.25) is 10.1 Å². The van der Waals surface area contributed by atoms with Crippen molar-refractivity contribution in [2.45, 2.75) is 0 Å². The zero-order chi connectivity index (χ0) is 21.8. The highest BCUT2D eigenvalue weighted by atomic mass is 32.1. The molecule has 8 nitrogen and oxygen atoms in total. The molecule has 0 aliphatic rings. The average Bonchev–Trinajstić information content (AvgIpc) is 3.30. The van der Waals surface area contributed by atoms with Gasteiger partial charge in [0.25, 0.3) is 5.91 Å². The van der Waals surface area contributed by atoms with Gasteiger partial charge in [0, 0.05) is 17.0 Å². The molecule has 2 heterocycles. The van der Waals surface area contributed by atoms with Crippen LogP contribution < -0.4 is 15.6 Å². The second-order valence-electron chi connectivity index (χ2n) is 6.29. The summed E-state index contributed by atoms with van der Waals surface area (Å²) in [4.78, 5) is 33.4. The van der Waals surface area contributed by atoms with Crippen LogP contribution in [-0.4, -0.2) is 31.1 Å². The molecule has 9 heteroatoms. The molecule has 0 fully saturated rings. The van der Waals surface area contributed by atoms with Crippen molar-refractivity contribution in [3.63, 3.8) is 0 Å². The predicted octanol–water partition coefficient (Wildman–Crippen LogP) is 4.17. The van der Waals surface area contributed by atoms with Gasteiger partial charge >= 0.3 is 5.97 Å². The van der Waals surface area contributed by atoms with E-state index in [4.69, 9.17) is 13.9 Å². The summed E-state index contributed by atoms with van der Waals surface area (Å²) >= 11 is 1.30. The lowest BCUT2D eigenvalue weighted by atomic mass is 10.1. The Balaban J connectivity index is 1.90. The van der Waals surface area contributed by atoms with E-state index >= 15 is 0 Å². The molecule has 0 unspecified atom stereocenters. The molecule has 0 atom stereocenters. The Labute approximate surface area is 180 Å². The number of fused-ring (bicyclic) bond motifs is 1. The van der Waals surface area contributed by atoms with Gasteiger partial charge in [0.15, 0.2) is 16.5 Å². The van der Waals surface area contributed by atoms with Gasteiger partial charge in [0.2, 0.25) is 5.55 Å². The number of amides is 1. The molecule has 0 saturated heterocycles. The van der Waals surface area contributed by atoms with Crippen molar-refractivity contribution >= 4 is 45.0 Å². The summed E-state index contributed by atoms with van der Waals surface area (Å²) in [7, 11) is 2.84. The van der Waals surface area contributed by atoms with Crippen LogP contribution in [0.3, 0.4) is 0 Å². The fourth-order valence-corrected chi connectivity index (χ4v) is 3.44. The van der Waals surface area contributed by atoms with Gasteiger partial charge in [-0.05, 0) is 30.3 Å². The molecule has 4 rings (SSSR count). The fraction of sp³-hybridized carbons (Fsp3) is 0.0909. The zero-order valence-corrected chi connectivity index (χ0v) is 17.4. The lowest BCUT2D eigenvalue weighted by Gasteiger charge is -2.08. The maximum absolute atomic E-state index is 13.0. The van der Waals surface area contributed by atoms with Gasteiger partial charge in [-0.15, -0.1) is 11.3 Å². The van der Waals surface area contributed by atoms with Gasteiger partial charge in [0.1, 0.15) is 5.56 Å². The van der Waals surface area contributed by atoms with Gasteiger partial charge in [-0.1, -0.05) is 18.2 Å². The normalized spacial score (nSPS) is 11.4. The summed E-state index contributed by atoms with van der Waals surface area (Å²) in [6, 6.07) is 13.6. The van der Waals surface area contributed by atoms with Crippen LogP contribution in [0.25, 0.3) is 11.0 Å². The van der Waals surface area contributed by atoms with Crippen LogP contribution in [0.2, 0.25) is 0 Å². The molecule has 0 bridgehead atoms. The van der Waals surface area contributed by atoms with E-state index in [1.165, 1.54) is 25.6 Å². The molecule has 4 aromatic rings. The van der Waals surface area contributed by atoms with E-state index in [1.54, 1.807) is 54.0 Å². The van der Waals surface area contributed by atoms with E-state index < -0.39 is 11.9 Å². The first-order valence-electron chi connectivity index (χ1n) is 9.14. The number of carbonyl (C=O) groups excluding carboxylic acids is 2. The number of anilines is 1. The molecule has 156 valence electrons. The van der Waals surface area contributed by atoms with E-state index in [1.807, 2.05) is 6.07 Å². The Bertz CT molecular complexity index is 1330. The third-order valence-corrected chi connectivity index (χ3v) is 5.04. The van der Waals surface area contributed by atoms with Crippen molar-refractivity contribution in [2.75, 3.05) is 19.5 Å². The predicted molar refractivity (Wildman–Crippen MR) is 116 cm³/mol. The largest absolute Gasteiger partial charge is 0.493 e. The fourth-order valence-electron chi connectivity index (χ4n) is 2.92. The lowest BCUT2D eigenvalue weighted by molar-refractivity contribution is 0.0600. The van der Waals surface area contributed by atoms with Crippen molar-refractivity contribution in [3.05, 3.63) is 76.8 Å². The highest BCUT2D eigenvalue weighted by Crippen LogP contribution is 2.25. The van der Waals surface area contributed by atoms with Crippen LogP contribution >= 0.6 is 11.3 Å². The van der Waals surface area contributed by atoms with E-state index in [0.29, 0.717) is 33.1 Å². The molecule has 1 N–H and O–H groups in total. The summed E-state index contributed by atoms with van der Waals surface area (Å²) < 4.78 is 16.1. The van der Waals surface area contributed by atoms with Crippen molar-refractivity contribution in [3.8, 4) is 5.75 Å². The number of carbonyl (C=O) groups is 2. The topological polar surface area (TPSA) is 103 Å². The third-order valence-electron chi connectivity index (χ3n) is 4.35. The smallest absolute Gasteiger partial charge is 0.337 e. The summed E-state index contributed by atoms with van der Waals surface area (Å²) in [5.74, 6) is -0.411. The van der Waals surface area contributed by atoms with Crippen LogP contribution in [0.1, 0.15) is 20.7 Å². The van der Waals surface area contributed by atoms with Crippen LogP contribution in [0.4, 0.5) is 10.8 Å². The second kappa shape index (κ2) is 8.80. The highest BCUT2D eigenvalue weighted by Gasteiger charge is 2.16. The van der Waals surface area contributed by atoms with Crippen molar-refractivity contribution in [1.29, 1.82) is 0 Å². The van der Waals surface area contributed by atoms with Crippen molar-refractivity contribution in [2.24, 2.45) is 4.99 Å². The first-order valence-corrected chi connectivity index (χ1v) is 10.0. The average molecular weight is 435 g/mol. The summed E-state index contributed by atoms with van der Waals surface area (Å²) in [6.07, 6.45) is 1.60. The number of nitrogens with zero attached hydrogens (tertiary/aromatic N) is 2. The quantitative estimate of drug-likeness (QED) is 0.472. The monoisotopic (exact) mass is 435 g/mol. The van der Waals surface area contributed by atoms with Crippen LogP contribution in [0.15, 0.2) is 69.5 Å². The zero-order valence-electron chi connectivity index (χ0n) is 16.6. The number of rotatable bonds is 5. The summed E-state index contributed by atoms with van der Waals surface area (Å²) in [5.41, 5.74) is 1.46. The number of ether oxygens (including phenoxy) is 2. The van der Waals surface area contributed by atoms with E-state index in [0.717, 1.165) is 0 Å². The van der Waals surface area contributed by atoms with Crippen molar-refractivity contribution in [1.82, 2.24) is 4.98 Å². The number of nitrogens with one attached hydrogen (secondary N) is 1. The van der Waals surface area contributed by atoms with E-state index in [-0.39, 0.29) is 11.1 Å². The summed E-state index contributed by atoms with van der Waals surface area (Å²) in [5, 5.41) is 5.62. The Morgan fingerprint density at radius 1 is 1.13 bits per heavy atom. The second-order valence-corrected chi connectivity index (χ2v) is 7.18.